The quantitative estimate of drug-likeness (QED) is 0.552. The van der Waals surface area contributed by atoms with Gasteiger partial charge in [-0.3, -0.25) is 0 Å². The zero-order valence-electron chi connectivity index (χ0n) is 15.7. The molecular weight excluding hydrogens is 419 g/mol. The van der Waals surface area contributed by atoms with E-state index in [1.807, 2.05) is 6.07 Å². The fourth-order valence-corrected chi connectivity index (χ4v) is 3.43. The molecule has 0 unspecified atom stereocenters. The van der Waals surface area contributed by atoms with Gasteiger partial charge in [-0.15, -0.1) is 0 Å². The van der Waals surface area contributed by atoms with Crippen LogP contribution in [0.4, 0.5) is 0 Å². The normalized spacial score (nSPS) is 10.5. The average molecular weight is 435 g/mol. The Morgan fingerprint density at radius 3 is 2.21 bits per heavy atom. The van der Waals surface area contributed by atoms with E-state index in [1.54, 1.807) is 24.3 Å². The fraction of sp³-hybridized carbons (Fsp3) is 0.150. The molecule has 29 heavy (non-hydrogen) atoms. The summed E-state index contributed by atoms with van der Waals surface area (Å²) in [6.45, 7) is 0. The maximum atomic E-state index is 12.7. The molecule has 150 valence electrons. The van der Waals surface area contributed by atoms with Crippen molar-refractivity contribution in [3.63, 3.8) is 0 Å². The van der Waals surface area contributed by atoms with Crippen LogP contribution >= 0.6 is 23.2 Å². The van der Waals surface area contributed by atoms with Crippen molar-refractivity contribution in [2.24, 2.45) is 0 Å². The number of benzene rings is 2. The van der Waals surface area contributed by atoms with Crippen molar-refractivity contribution < 1.29 is 23.8 Å². The summed E-state index contributed by atoms with van der Waals surface area (Å²) in [4.78, 5) is 25.3. The molecule has 0 spiro atoms. The van der Waals surface area contributed by atoms with Crippen molar-refractivity contribution in [3.8, 4) is 22.7 Å². The number of esters is 2. The summed E-state index contributed by atoms with van der Waals surface area (Å²) in [6.07, 6.45) is 0. The Labute approximate surface area is 176 Å². The smallest absolute Gasteiger partial charge is 0.357 e. The summed E-state index contributed by atoms with van der Waals surface area (Å²) in [5.41, 5.74) is 0.714. The van der Waals surface area contributed by atoms with Crippen molar-refractivity contribution in [2.45, 2.75) is 0 Å². The molecule has 0 bridgehead atoms. The van der Waals surface area contributed by atoms with E-state index in [9.17, 15) is 9.59 Å². The van der Waals surface area contributed by atoms with Gasteiger partial charge in [-0.2, -0.15) is 5.10 Å². The summed E-state index contributed by atoms with van der Waals surface area (Å²) >= 11 is 12.5. The Morgan fingerprint density at radius 2 is 1.62 bits per heavy atom. The van der Waals surface area contributed by atoms with E-state index in [0.29, 0.717) is 16.3 Å². The van der Waals surface area contributed by atoms with Crippen LogP contribution in [0.15, 0.2) is 42.5 Å². The number of ether oxygens (including phenoxy) is 3. The molecule has 0 aliphatic rings. The van der Waals surface area contributed by atoms with Crippen molar-refractivity contribution >= 4 is 35.1 Å². The van der Waals surface area contributed by atoms with E-state index in [1.165, 1.54) is 38.1 Å². The first-order valence-corrected chi connectivity index (χ1v) is 9.07. The molecule has 0 aliphatic heterocycles. The highest BCUT2D eigenvalue weighted by Crippen LogP contribution is 2.41. The minimum atomic E-state index is -0.782. The fourth-order valence-electron chi connectivity index (χ4n) is 2.87. The van der Waals surface area contributed by atoms with Gasteiger partial charge in [0, 0.05) is 5.02 Å². The number of methoxy groups -OCH3 is 3. The molecule has 0 saturated heterocycles. The first-order chi connectivity index (χ1) is 13.9. The SMILES string of the molecule is COC(=O)c1c(-c2c(Cl)cc(Cl)cc2OC)nn(-c2ccccc2)c1C(=O)OC. The van der Waals surface area contributed by atoms with Crippen LogP contribution in [-0.2, 0) is 9.47 Å². The van der Waals surface area contributed by atoms with Gasteiger partial charge >= 0.3 is 11.9 Å². The van der Waals surface area contributed by atoms with Crippen LogP contribution in [0.3, 0.4) is 0 Å². The second-order valence-electron chi connectivity index (χ2n) is 5.77. The minimum Gasteiger partial charge on any atom is -0.496 e. The molecule has 1 heterocycles. The summed E-state index contributed by atoms with van der Waals surface area (Å²) < 4.78 is 16.5. The Kier molecular flexibility index (Phi) is 6.10. The molecule has 3 aromatic rings. The minimum absolute atomic E-state index is 0.0969. The van der Waals surface area contributed by atoms with E-state index < -0.39 is 11.9 Å². The predicted octanol–water partition coefficient (Wildman–Crippen LogP) is 4.43. The van der Waals surface area contributed by atoms with Gasteiger partial charge in [-0.1, -0.05) is 41.4 Å². The van der Waals surface area contributed by atoms with Crippen molar-refractivity contribution in [2.75, 3.05) is 21.3 Å². The van der Waals surface area contributed by atoms with Crippen LogP contribution in [0.5, 0.6) is 5.75 Å². The largest absolute Gasteiger partial charge is 0.496 e. The molecule has 0 fully saturated rings. The number of carbonyl (C=O) groups is 2. The number of para-hydroxylation sites is 1. The van der Waals surface area contributed by atoms with Crippen molar-refractivity contribution in [1.82, 2.24) is 9.78 Å². The number of carbonyl (C=O) groups excluding carboxylic acids is 2. The van der Waals surface area contributed by atoms with Crippen LogP contribution in [0, 0.1) is 0 Å². The summed E-state index contributed by atoms with van der Waals surface area (Å²) in [5.74, 6) is -1.27. The molecule has 1 aromatic heterocycles. The standard InChI is InChI=1S/C20H16Cl2N2O5/c1-27-14-10-11(21)9-13(22)15(14)17-16(19(25)28-2)18(20(26)29-3)24(23-17)12-7-5-4-6-8-12/h4-10H,1-3H3. The zero-order chi connectivity index (χ0) is 21.1. The van der Waals surface area contributed by atoms with E-state index in [-0.39, 0.29) is 27.7 Å². The molecule has 7 nitrogen and oxygen atoms in total. The van der Waals surface area contributed by atoms with Crippen LogP contribution < -0.4 is 4.74 Å². The molecule has 2 aromatic carbocycles. The second-order valence-corrected chi connectivity index (χ2v) is 6.61. The highest BCUT2D eigenvalue weighted by atomic mass is 35.5. The maximum absolute atomic E-state index is 12.7. The molecule has 0 N–H and O–H groups in total. The molecule has 0 amide bonds. The molecule has 3 rings (SSSR count). The molecule has 0 aliphatic carbocycles. The predicted molar refractivity (Wildman–Crippen MR) is 108 cm³/mol. The van der Waals surface area contributed by atoms with E-state index in [2.05, 4.69) is 5.10 Å². The number of aromatic nitrogens is 2. The Morgan fingerprint density at radius 1 is 0.966 bits per heavy atom. The van der Waals surface area contributed by atoms with Gasteiger partial charge in [-0.25, -0.2) is 14.3 Å². The van der Waals surface area contributed by atoms with Gasteiger partial charge < -0.3 is 14.2 Å². The molecule has 0 atom stereocenters. The van der Waals surface area contributed by atoms with Crippen molar-refractivity contribution in [1.29, 1.82) is 0 Å². The lowest BCUT2D eigenvalue weighted by Gasteiger charge is -2.10. The van der Waals surface area contributed by atoms with E-state index in [4.69, 9.17) is 37.4 Å². The van der Waals surface area contributed by atoms with Gasteiger partial charge in [0.2, 0.25) is 0 Å². The van der Waals surface area contributed by atoms with Gasteiger partial charge in [0.25, 0.3) is 0 Å². The van der Waals surface area contributed by atoms with E-state index in [0.717, 1.165) is 0 Å². The molecular formula is C20H16Cl2N2O5. The lowest BCUT2D eigenvalue weighted by atomic mass is 10.0. The first kappa shape index (κ1) is 20.7. The van der Waals surface area contributed by atoms with E-state index >= 15 is 0 Å². The Bertz CT molecular complexity index is 1080. The third-order valence-electron chi connectivity index (χ3n) is 4.13. The van der Waals surface area contributed by atoms with Crippen LogP contribution in [-0.4, -0.2) is 43.0 Å². The second kappa shape index (κ2) is 8.55. The lowest BCUT2D eigenvalue weighted by Crippen LogP contribution is -2.15. The summed E-state index contributed by atoms with van der Waals surface area (Å²) in [7, 11) is 3.84. The highest BCUT2D eigenvalue weighted by Gasteiger charge is 2.33. The number of hydrogen-bond acceptors (Lipinski definition) is 6. The Balaban J connectivity index is 2.44. The average Bonchev–Trinajstić information content (AvgIpc) is 3.12. The zero-order valence-corrected chi connectivity index (χ0v) is 17.2. The number of halogens is 2. The van der Waals surface area contributed by atoms with Gasteiger partial charge in [0.1, 0.15) is 17.0 Å². The van der Waals surface area contributed by atoms with Crippen LogP contribution in [0.1, 0.15) is 20.8 Å². The van der Waals surface area contributed by atoms with Crippen molar-refractivity contribution in [3.05, 3.63) is 63.8 Å². The number of rotatable bonds is 5. The number of nitrogens with zero attached hydrogens (tertiary/aromatic N) is 2. The van der Waals surface area contributed by atoms with Crippen LogP contribution in [0.2, 0.25) is 10.0 Å². The van der Waals surface area contributed by atoms with Gasteiger partial charge in [0.15, 0.2) is 5.69 Å². The van der Waals surface area contributed by atoms with Crippen LogP contribution in [0.25, 0.3) is 16.9 Å². The molecule has 0 saturated carbocycles. The Hall–Kier alpha value is -3.03. The molecule has 9 heteroatoms. The summed E-state index contributed by atoms with van der Waals surface area (Å²) in [6, 6.07) is 11.8. The lowest BCUT2D eigenvalue weighted by molar-refractivity contribution is 0.0549. The highest BCUT2D eigenvalue weighted by molar-refractivity contribution is 6.37. The van der Waals surface area contributed by atoms with Gasteiger partial charge in [-0.05, 0) is 24.3 Å². The van der Waals surface area contributed by atoms with Gasteiger partial charge in [0.05, 0.1) is 37.6 Å². The monoisotopic (exact) mass is 434 g/mol. The first-order valence-electron chi connectivity index (χ1n) is 8.31. The topological polar surface area (TPSA) is 79.7 Å². The summed E-state index contributed by atoms with van der Waals surface area (Å²) in [5, 5.41) is 5.02. The maximum Gasteiger partial charge on any atom is 0.357 e. The number of hydrogen-bond donors (Lipinski definition) is 0. The molecule has 0 radical (unpaired) electrons. The third kappa shape index (κ3) is 3.79. The third-order valence-corrected chi connectivity index (χ3v) is 4.65.